The molecule has 9 rings (SSSR count). The second kappa shape index (κ2) is 35.8. The molecule has 93 heavy (non-hydrogen) atoms. The van der Waals surface area contributed by atoms with E-state index in [0.29, 0.717) is 33.9 Å². The fraction of sp³-hybridized carbons (Fsp3) is 0.219. The molecule has 0 radical (unpaired) electrons. The number of rotatable bonds is 18. The van der Waals surface area contributed by atoms with Crippen molar-refractivity contribution >= 4 is 105 Å². The molecule has 0 unspecified atom stereocenters. The third-order valence-electron chi connectivity index (χ3n) is 12.1. The third-order valence-corrected chi connectivity index (χ3v) is 15.6. The van der Waals surface area contributed by atoms with Gasteiger partial charge in [0.05, 0.1) is 35.3 Å². The van der Waals surface area contributed by atoms with Gasteiger partial charge in [0.1, 0.15) is 39.0 Å². The van der Waals surface area contributed by atoms with Crippen molar-refractivity contribution in [1.29, 1.82) is 0 Å². The van der Waals surface area contributed by atoms with Crippen LogP contribution in [0, 0.1) is 6.92 Å². The minimum atomic E-state index is -4.74. The standard InChI is InChI=1S/C21H19F3N4O2S.C20H17F3N4O2S.C19H17F3N4S2.2C2H6/c1-12-8-9-13(30-3)10-16(12)27-20-26-11-15(21(22,23)24)19(28-20)31-17-7-5-4-6-14(17)18(29)25-2;1-24-17(28)12-7-3-5-9-15(12)29-18-13(20(21,22)23)11-25-19(27-18)26-14-8-4-6-10-16(14)30-2;1-27-15-9-5-3-7-13(15)24-17-12(19(20,21)22)11-23-18(26-17)25-14-8-4-6-10-16(14)28-2;2*1-2/h4-11H,1-3H3,(H,25,29)(H,26,27,28);3-11H,1-2H3,(H,24,28)(H,25,26,27);3-11H,1-2H3,(H2,23,24,25,26);2*1-2H3. The lowest BCUT2D eigenvalue weighted by Crippen LogP contribution is -2.19. The largest absolute Gasteiger partial charge is 0.497 e. The number of halogens is 9. The number of carbonyl (C=O) groups excluding carboxylic acids is 2. The number of aryl methyl sites for hydroxylation is 1. The van der Waals surface area contributed by atoms with Crippen LogP contribution in [-0.2, 0) is 18.5 Å². The van der Waals surface area contributed by atoms with Crippen LogP contribution in [0.5, 0.6) is 17.4 Å². The highest BCUT2D eigenvalue weighted by Gasteiger charge is 2.38. The predicted octanol–water partition coefficient (Wildman–Crippen LogP) is 18.7. The molecule has 16 nitrogen and oxygen atoms in total. The summed E-state index contributed by atoms with van der Waals surface area (Å²) in [5.41, 5.74) is 0.613. The number of aromatic nitrogens is 6. The Hall–Kier alpha value is -8.93. The van der Waals surface area contributed by atoms with Crippen LogP contribution in [0.2, 0.25) is 0 Å². The molecule has 29 heteroatoms. The lowest BCUT2D eigenvalue weighted by atomic mass is 10.2. The first-order valence-corrected chi connectivity index (χ1v) is 32.4. The second-order valence-electron chi connectivity index (χ2n) is 17.9. The van der Waals surface area contributed by atoms with E-state index in [0.717, 1.165) is 50.1 Å². The number of methoxy groups -OCH3 is 1. The molecule has 0 saturated heterocycles. The monoisotopic (exact) mass is 1360 g/mol. The molecule has 0 atom stereocenters. The second-order valence-corrected chi connectivity index (χ2v) is 21.5. The van der Waals surface area contributed by atoms with E-state index >= 15 is 0 Å². The van der Waals surface area contributed by atoms with Crippen LogP contribution in [0.1, 0.15) is 70.7 Å². The summed E-state index contributed by atoms with van der Waals surface area (Å²) < 4.78 is 132. The number of ether oxygens (including phenoxy) is 2. The molecule has 2 amide bonds. The number of amides is 2. The van der Waals surface area contributed by atoms with Gasteiger partial charge in [0.25, 0.3) is 11.8 Å². The van der Waals surface area contributed by atoms with Crippen LogP contribution >= 0.6 is 47.0 Å². The molecule has 0 saturated carbocycles. The fourth-order valence-corrected chi connectivity index (χ4v) is 10.4. The van der Waals surface area contributed by atoms with Gasteiger partial charge in [-0.1, -0.05) is 106 Å². The molecule has 492 valence electrons. The lowest BCUT2D eigenvalue weighted by molar-refractivity contribution is -0.140. The molecule has 0 fully saturated rings. The first-order valence-electron chi connectivity index (χ1n) is 27.9. The van der Waals surface area contributed by atoms with Gasteiger partial charge in [0.2, 0.25) is 23.7 Å². The maximum Gasteiger partial charge on any atom is 0.423 e. The highest BCUT2D eigenvalue weighted by Crippen LogP contribution is 2.42. The molecule has 0 spiro atoms. The average Bonchev–Trinajstić information content (AvgIpc) is 0.903. The van der Waals surface area contributed by atoms with Crippen LogP contribution in [-0.4, -0.2) is 81.7 Å². The molecule has 3 aromatic heterocycles. The Morgan fingerprint density at radius 3 is 1.37 bits per heavy atom. The Labute approximate surface area is 549 Å². The fourth-order valence-electron chi connectivity index (χ4n) is 7.70. The Morgan fingerprint density at radius 2 is 0.871 bits per heavy atom. The van der Waals surface area contributed by atoms with Crippen LogP contribution < -0.4 is 41.4 Å². The predicted molar refractivity (Wildman–Crippen MR) is 353 cm³/mol. The van der Waals surface area contributed by atoms with Crippen molar-refractivity contribution in [3.8, 4) is 17.4 Å². The maximum atomic E-state index is 13.6. The third kappa shape index (κ3) is 21.3. The number of nitrogens with zero attached hydrogens (tertiary/aromatic N) is 6. The van der Waals surface area contributed by atoms with E-state index in [4.69, 9.17) is 9.47 Å². The summed E-state index contributed by atoms with van der Waals surface area (Å²) in [6.07, 6.45) is -6.16. The summed E-state index contributed by atoms with van der Waals surface area (Å²) in [4.78, 5) is 50.7. The number of thioether (sulfide) groups is 3. The topological polar surface area (TPSA) is 202 Å². The molecular formula is C64H65F9N12O4S4. The van der Waals surface area contributed by atoms with Gasteiger partial charge in [-0.15, -0.1) is 35.3 Å². The number of hydrogen-bond acceptors (Lipinski definition) is 18. The summed E-state index contributed by atoms with van der Waals surface area (Å²) >= 11 is 5.17. The van der Waals surface area contributed by atoms with Crippen LogP contribution in [0.4, 0.5) is 85.9 Å². The van der Waals surface area contributed by atoms with Crippen LogP contribution in [0.3, 0.4) is 0 Å². The Bertz CT molecular complexity index is 3930. The van der Waals surface area contributed by atoms with Gasteiger partial charge in [-0.05, 0) is 98.0 Å². The SMILES string of the molecule is CC.CC.CNC(=O)c1ccccc1Oc1nc(Nc2ccccc2SC)ncc1C(F)(F)F.CNC(=O)c1ccccc1Sc1nc(Nc2cc(OC)ccc2C)ncc1C(F)(F)F.CSc1ccccc1Nc1ncc(C(F)(F)F)c(Nc2ccccc2SC)n1. The van der Waals surface area contributed by atoms with Gasteiger partial charge >= 0.3 is 18.5 Å². The molecule has 0 aliphatic carbocycles. The first kappa shape index (κ1) is 74.8. The molecule has 3 heterocycles. The zero-order valence-corrected chi connectivity index (χ0v) is 55.1. The summed E-state index contributed by atoms with van der Waals surface area (Å²) in [7, 11) is 4.38. The van der Waals surface area contributed by atoms with Crippen molar-refractivity contribution in [2.75, 3.05) is 61.2 Å². The van der Waals surface area contributed by atoms with Crippen LogP contribution in [0.15, 0.2) is 183 Å². The molecule has 0 bridgehead atoms. The van der Waals surface area contributed by atoms with E-state index in [9.17, 15) is 49.1 Å². The number of benzene rings is 6. The number of alkyl halides is 9. The van der Waals surface area contributed by atoms with Crippen molar-refractivity contribution in [1.82, 2.24) is 40.5 Å². The molecule has 0 aliphatic rings. The zero-order valence-electron chi connectivity index (χ0n) is 51.9. The lowest BCUT2D eigenvalue weighted by Gasteiger charge is -2.16. The van der Waals surface area contributed by atoms with E-state index in [1.165, 1.54) is 74.7 Å². The first-order chi connectivity index (χ1) is 44.5. The normalized spacial score (nSPS) is 10.8. The van der Waals surface area contributed by atoms with Crippen LogP contribution in [0.25, 0.3) is 0 Å². The summed E-state index contributed by atoms with van der Waals surface area (Å²) in [6.45, 7) is 9.83. The van der Waals surface area contributed by atoms with Crippen molar-refractivity contribution in [2.24, 2.45) is 0 Å². The van der Waals surface area contributed by atoms with Gasteiger partial charge in [-0.25, -0.2) is 19.9 Å². The Balaban J connectivity index is 0.000000246. The molecular weight excluding hydrogens is 1300 g/mol. The quantitative estimate of drug-likeness (QED) is 0.0269. The summed E-state index contributed by atoms with van der Waals surface area (Å²) in [5.74, 6) is -1.40. The van der Waals surface area contributed by atoms with E-state index in [1.54, 1.807) is 72.8 Å². The molecule has 6 aromatic carbocycles. The highest BCUT2D eigenvalue weighted by atomic mass is 32.2. The van der Waals surface area contributed by atoms with Crippen molar-refractivity contribution in [3.63, 3.8) is 0 Å². The minimum Gasteiger partial charge on any atom is -0.497 e. The number of hydrogen-bond donors (Lipinski definition) is 6. The zero-order chi connectivity index (χ0) is 68.5. The minimum absolute atomic E-state index is 0.00993. The maximum absolute atomic E-state index is 13.6. The average molecular weight is 1370 g/mol. The smallest absolute Gasteiger partial charge is 0.423 e. The van der Waals surface area contributed by atoms with Gasteiger partial charge in [0, 0.05) is 64.0 Å². The van der Waals surface area contributed by atoms with E-state index in [2.05, 4.69) is 61.8 Å². The van der Waals surface area contributed by atoms with E-state index in [1.807, 2.05) is 102 Å². The van der Waals surface area contributed by atoms with E-state index in [-0.39, 0.29) is 45.6 Å². The van der Waals surface area contributed by atoms with Gasteiger partial charge in [-0.2, -0.15) is 49.5 Å². The molecule has 9 aromatic rings. The van der Waals surface area contributed by atoms with Crippen molar-refractivity contribution in [3.05, 3.63) is 191 Å². The Kier molecular flexibility index (Phi) is 28.8. The summed E-state index contributed by atoms with van der Waals surface area (Å²) in [5, 5.41) is 16.2. The number of para-hydroxylation sites is 4. The number of carbonyl (C=O) groups is 2. The van der Waals surface area contributed by atoms with Gasteiger partial charge in [0.15, 0.2) is 0 Å². The summed E-state index contributed by atoms with van der Waals surface area (Å²) in [6, 6.07) is 39.4. The van der Waals surface area contributed by atoms with Gasteiger partial charge in [-0.3, -0.25) is 9.59 Å². The highest BCUT2D eigenvalue weighted by molar-refractivity contribution is 7.99. The van der Waals surface area contributed by atoms with Gasteiger partial charge < -0.3 is 41.4 Å². The van der Waals surface area contributed by atoms with Crippen molar-refractivity contribution < 1.29 is 58.6 Å². The molecule has 6 N–H and O–H groups in total. The number of nitrogens with one attached hydrogen (secondary N) is 6. The Morgan fingerprint density at radius 1 is 0.462 bits per heavy atom. The van der Waals surface area contributed by atoms with Crippen molar-refractivity contribution in [2.45, 2.75) is 77.8 Å². The van der Waals surface area contributed by atoms with E-state index < -0.39 is 52.9 Å². The number of anilines is 8. The molecule has 0 aliphatic heterocycles.